The lowest BCUT2D eigenvalue weighted by Crippen LogP contribution is -2.59. The number of rotatable bonds is 9. The molecule has 4 aliphatic heterocycles. The van der Waals surface area contributed by atoms with Gasteiger partial charge in [-0.1, -0.05) is 0 Å². The van der Waals surface area contributed by atoms with Gasteiger partial charge in [-0.15, -0.1) is 10.2 Å². The molecule has 366 valence electrons. The van der Waals surface area contributed by atoms with Gasteiger partial charge in [0, 0.05) is 106 Å². The maximum Gasteiger partial charge on any atom is 0.272 e. The third-order valence-corrected chi connectivity index (χ3v) is 17.1. The Hall–Kier alpha value is -6.27. The molecule has 15 nitrogen and oxygen atoms in total. The molecule has 2 amide bonds. The Bertz CT molecular complexity index is 2810. The number of amides is 2. The monoisotopic (exact) mass is 945 g/mol. The first kappa shape index (κ1) is 46.1. The van der Waals surface area contributed by atoms with Gasteiger partial charge >= 0.3 is 0 Å². The molecule has 2 aromatic carbocycles. The SMILES string of the molecule is CC(=O)N1CCc2c(c(N3CCCc4cc(-c5cnn(C)c5)c(C)cc43)nn2C2CCN(C3CCC4(CC3)CN(c3ccc(C(=O)NC5CCC(Oc6ccc(C#N)c(C)c6C)CC5)nn3)C4)CC2)C1. The zero-order chi connectivity index (χ0) is 48.3. The second kappa shape index (κ2) is 18.8. The molecule has 0 unspecified atom stereocenters. The predicted octanol–water partition coefficient (Wildman–Crippen LogP) is 8.07. The smallest absolute Gasteiger partial charge is 0.272 e. The molecule has 1 spiro atoms. The molecule has 3 aromatic heterocycles. The van der Waals surface area contributed by atoms with Crippen LogP contribution >= 0.6 is 0 Å². The van der Waals surface area contributed by atoms with Gasteiger partial charge in [-0.3, -0.25) is 19.0 Å². The van der Waals surface area contributed by atoms with Crippen molar-refractivity contribution in [2.75, 3.05) is 49.1 Å². The van der Waals surface area contributed by atoms with Crippen LogP contribution in [0.15, 0.2) is 48.8 Å². The minimum atomic E-state index is -0.172. The fraction of sp³-hybridized carbons (Fsp3) is 0.545. The zero-order valence-corrected chi connectivity index (χ0v) is 41.7. The molecule has 0 bridgehead atoms. The second-order valence-corrected chi connectivity index (χ2v) is 21.5. The van der Waals surface area contributed by atoms with Gasteiger partial charge in [0.1, 0.15) is 5.75 Å². The predicted molar refractivity (Wildman–Crippen MR) is 269 cm³/mol. The molecular weight excluding hydrogens is 877 g/mol. The minimum absolute atomic E-state index is 0.0765. The Labute approximate surface area is 412 Å². The molecule has 2 saturated heterocycles. The summed E-state index contributed by atoms with van der Waals surface area (Å²) in [6.45, 7) is 14.3. The van der Waals surface area contributed by atoms with E-state index in [9.17, 15) is 14.9 Å². The third kappa shape index (κ3) is 8.81. The maximum absolute atomic E-state index is 13.2. The first-order valence-corrected chi connectivity index (χ1v) is 26.0. The molecule has 4 fully saturated rings. The quantitative estimate of drug-likeness (QED) is 0.153. The number of anilines is 3. The summed E-state index contributed by atoms with van der Waals surface area (Å²) in [5.74, 6) is 2.69. The van der Waals surface area contributed by atoms with Crippen LogP contribution in [0.25, 0.3) is 11.1 Å². The van der Waals surface area contributed by atoms with Crippen molar-refractivity contribution in [1.82, 2.24) is 44.9 Å². The largest absolute Gasteiger partial charge is 0.490 e. The van der Waals surface area contributed by atoms with Gasteiger partial charge in [-0.2, -0.15) is 15.5 Å². The number of hydrogen-bond acceptors (Lipinski definition) is 11. The number of nitriles is 1. The lowest BCUT2D eigenvalue weighted by atomic mass is 9.67. The van der Waals surface area contributed by atoms with Crippen molar-refractivity contribution in [3.8, 4) is 22.9 Å². The number of aromatic nitrogens is 6. The summed E-state index contributed by atoms with van der Waals surface area (Å²) in [5, 5.41) is 31.4. The summed E-state index contributed by atoms with van der Waals surface area (Å²) in [6, 6.07) is 15.5. The Morgan fingerprint density at radius 3 is 2.36 bits per heavy atom. The number of carbonyl (C=O) groups is 2. The van der Waals surface area contributed by atoms with Crippen LogP contribution in [0.3, 0.4) is 0 Å². The van der Waals surface area contributed by atoms with E-state index in [2.05, 4.69) is 71.3 Å². The van der Waals surface area contributed by atoms with Crippen LogP contribution in [0.2, 0.25) is 0 Å². The number of carbonyl (C=O) groups excluding carboxylic acids is 2. The molecule has 0 radical (unpaired) electrons. The number of nitrogens with one attached hydrogen (secondary N) is 1. The number of nitrogens with zero attached hydrogens (tertiary/aromatic N) is 11. The third-order valence-electron chi connectivity index (χ3n) is 17.1. The van der Waals surface area contributed by atoms with Gasteiger partial charge in [-0.25, -0.2) is 0 Å². The lowest BCUT2D eigenvalue weighted by molar-refractivity contribution is -0.129. The van der Waals surface area contributed by atoms with Gasteiger partial charge in [0.15, 0.2) is 17.3 Å². The average molecular weight is 945 g/mol. The van der Waals surface area contributed by atoms with Crippen LogP contribution in [0.1, 0.15) is 133 Å². The zero-order valence-electron chi connectivity index (χ0n) is 41.7. The number of aryl methyl sites for hydroxylation is 3. The van der Waals surface area contributed by atoms with Crippen molar-refractivity contribution >= 4 is 29.1 Å². The topological polar surface area (TPSA) is 154 Å². The number of fused-ring (bicyclic) bond motifs is 2. The van der Waals surface area contributed by atoms with E-state index in [1.807, 2.05) is 60.9 Å². The van der Waals surface area contributed by atoms with E-state index in [4.69, 9.17) is 9.84 Å². The van der Waals surface area contributed by atoms with Gasteiger partial charge in [0.25, 0.3) is 5.91 Å². The van der Waals surface area contributed by atoms with E-state index in [0.29, 0.717) is 35.3 Å². The normalized spacial score (nSPS) is 21.7. The summed E-state index contributed by atoms with van der Waals surface area (Å²) in [7, 11) is 1.97. The number of likely N-dealkylation sites (tertiary alicyclic amines) is 1. The van der Waals surface area contributed by atoms with Gasteiger partial charge < -0.3 is 29.7 Å². The lowest BCUT2D eigenvalue weighted by Gasteiger charge is -2.55. The van der Waals surface area contributed by atoms with E-state index in [1.165, 1.54) is 59.3 Å². The van der Waals surface area contributed by atoms with Crippen LogP contribution in [0.5, 0.6) is 5.75 Å². The van der Waals surface area contributed by atoms with E-state index in [1.54, 1.807) is 6.92 Å². The van der Waals surface area contributed by atoms with Crippen molar-refractivity contribution in [1.29, 1.82) is 5.26 Å². The summed E-state index contributed by atoms with van der Waals surface area (Å²) in [6.07, 6.45) is 17.6. The highest BCUT2D eigenvalue weighted by Gasteiger charge is 2.47. The van der Waals surface area contributed by atoms with Crippen molar-refractivity contribution in [3.05, 3.63) is 93.6 Å². The highest BCUT2D eigenvalue weighted by Crippen LogP contribution is 2.47. The molecule has 70 heavy (non-hydrogen) atoms. The van der Waals surface area contributed by atoms with Crippen molar-refractivity contribution in [2.45, 2.75) is 142 Å². The molecule has 15 heteroatoms. The molecule has 2 aliphatic carbocycles. The number of piperidine rings is 1. The van der Waals surface area contributed by atoms with E-state index >= 15 is 0 Å². The standard InChI is InChI=1S/C55H68N12O3/c1-35-27-50-39(28-46(35)41-30-57-62(5)31-41)7-6-23-66(50)53-47-32-64(38(4)68)26-20-49(47)67(61-53)44-18-24-63(25-19-44)43-16-21-55(22-17-43)33-65(34-55)52-15-13-48(59-60-52)54(69)58-42-9-11-45(12-10-42)70-51-14-8-40(29-56)36(2)37(51)3/h8,13-15,27-28,30-31,42-45H,6-7,9-12,16-26,32-34H2,1-5H3,(H,58,69). The van der Waals surface area contributed by atoms with Crippen LogP contribution in [-0.2, 0) is 31.2 Å². The van der Waals surface area contributed by atoms with Gasteiger partial charge in [-0.05, 0) is 162 Å². The van der Waals surface area contributed by atoms with Crippen molar-refractivity contribution in [3.63, 3.8) is 0 Å². The first-order valence-electron chi connectivity index (χ1n) is 26.0. The summed E-state index contributed by atoms with van der Waals surface area (Å²) < 4.78 is 10.6. The summed E-state index contributed by atoms with van der Waals surface area (Å²) >= 11 is 0. The van der Waals surface area contributed by atoms with Crippen LogP contribution in [0.4, 0.5) is 17.3 Å². The van der Waals surface area contributed by atoms with E-state index in [-0.39, 0.29) is 24.0 Å². The van der Waals surface area contributed by atoms with Crippen LogP contribution in [-0.4, -0.2) is 109 Å². The fourth-order valence-electron chi connectivity index (χ4n) is 12.8. The molecule has 6 aliphatic rings. The number of benzene rings is 2. The molecule has 5 aromatic rings. The molecule has 11 rings (SSSR count). The molecule has 0 atom stereocenters. The summed E-state index contributed by atoms with van der Waals surface area (Å²) in [5.41, 5.74) is 12.1. The van der Waals surface area contributed by atoms with Crippen molar-refractivity contribution < 1.29 is 14.3 Å². The van der Waals surface area contributed by atoms with Crippen LogP contribution < -0.4 is 19.9 Å². The molecule has 7 heterocycles. The highest BCUT2D eigenvalue weighted by molar-refractivity contribution is 5.92. The molecule has 1 N–H and O–H groups in total. The second-order valence-electron chi connectivity index (χ2n) is 21.5. The average Bonchev–Trinajstić information content (AvgIpc) is 3.98. The number of ether oxygens (including phenoxy) is 1. The fourth-order valence-corrected chi connectivity index (χ4v) is 12.8. The van der Waals surface area contributed by atoms with E-state index < -0.39 is 0 Å². The van der Waals surface area contributed by atoms with Crippen molar-refractivity contribution in [2.24, 2.45) is 12.5 Å². The first-order chi connectivity index (χ1) is 33.9. The Morgan fingerprint density at radius 1 is 0.871 bits per heavy atom. The summed E-state index contributed by atoms with van der Waals surface area (Å²) in [4.78, 5) is 35.5. The molecule has 2 saturated carbocycles. The molecular formula is C55H68N12O3. The van der Waals surface area contributed by atoms with Gasteiger partial charge in [0.05, 0.1) is 36.5 Å². The number of hydrogen-bond donors (Lipinski definition) is 1. The van der Waals surface area contributed by atoms with E-state index in [0.717, 1.165) is 131 Å². The Balaban J connectivity index is 0.665. The Kier molecular flexibility index (Phi) is 12.4. The highest BCUT2D eigenvalue weighted by atomic mass is 16.5. The van der Waals surface area contributed by atoms with Crippen LogP contribution in [0, 0.1) is 37.5 Å². The Morgan fingerprint density at radius 2 is 1.66 bits per heavy atom. The minimum Gasteiger partial charge on any atom is -0.490 e. The van der Waals surface area contributed by atoms with Gasteiger partial charge in [0.2, 0.25) is 5.91 Å². The maximum atomic E-state index is 13.2.